The minimum atomic E-state index is 0.163. The van der Waals surface area contributed by atoms with E-state index in [4.69, 9.17) is 0 Å². The second-order valence-electron chi connectivity index (χ2n) is 5.13. The molecule has 1 unspecified atom stereocenters. The van der Waals surface area contributed by atoms with Crippen molar-refractivity contribution < 1.29 is 5.11 Å². The van der Waals surface area contributed by atoms with Gasteiger partial charge in [0.1, 0.15) is 5.75 Å². The molecular weight excluding hydrogens is 186 g/mol. The van der Waals surface area contributed by atoms with E-state index >= 15 is 0 Å². The molecule has 0 saturated carbocycles. The van der Waals surface area contributed by atoms with Crippen LogP contribution in [0.15, 0.2) is 18.2 Å². The maximum absolute atomic E-state index is 9.37. The molecule has 2 N–H and O–H groups in total. The van der Waals surface area contributed by atoms with Gasteiger partial charge in [-0.1, -0.05) is 26.8 Å². The number of benzene rings is 1. The molecule has 0 aromatic heterocycles. The number of hydrogen-bond acceptors (Lipinski definition) is 2. The van der Waals surface area contributed by atoms with E-state index in [2.05, 4.69) is 26.1 Å². The summed E-state index contributed by atoms with van der Waals surface area (Å²) in [5, 5.41) is 12.7. The van der Waals surface area contributed by atoms with Crippen LogP contribution in [0.2, 0.25) is 0 Å². The first-order valence-corrected chi connectivity index (χ1v) is 5.33. The van der Waals surface area contributed by atoms with Crippen LogP contribution in [0, 0.1) is 12.3 Å². The van der Waals surface area contributed by atoms with Gasteiger partial charge in [-0.3, -0.25) is 0 Å². The van der Waals surface area contributed by atoms with Gasteiger partial charge >= 0.3 is 0 Å². The smallest absolute Gasteiger partial charge is 0.115 e. The number of aromatic hydroxyl groups is 1. The Morgan fingerprint density at radius 3 is 2.27 bits per heavy atom. The molecule has 15 heavy (non-hydrogen) atoms. The standard InChI is InChI=1S/C13H21NO/c1-9-8-10(15)6-7-11(9)12(14-5)13(2,3)4/h6-8,12,14-15H,1-5H3. The number of aryl methyl sites for hydroxylation is 1. The van der Waals surface area contributed by atoms with E-state index < -0.39 is 0 Å². The lowest BCUT2D eigenvalue weighted by Gasteiger charge is -2.32. The van der Waals surface area contributed by atoms with E-state index in [1.165, 1.54) is 5.56 Å². The summed E-state index contributed by atoms with van der Waals surface area (Å²) in [6, 6.07) is 5.86. The highest BCUT2D eigenvalue weighted by Crippen LogP contribution is 2.34. The molecule has 0 aliphatic rings. The van der Waals surface area contributed by atoms with Crippen LogP contribution < -0.4 is 5.32 Å². The van der Waals surface area contributed by atoms with Crippen molar-refractivity contribution in [2.75, 3.05) is 7.05 Å². The van der Waals surface area contributed by atoms with Gasteiger partial charge in [0.15, 0.2) is 0 Å². The van der Waals surface area contributed by atoms with Crippen molar-refractivity contribution in [1.82, 2.24) is 5.32 Å². The van der Waals surface area contributed by atoms with Crippen molar-refractivity contribution in [2.24, 2.45) is 5.41 Å². The fourth-order valence-electron chi connectivity index (χ4n) is 2.04. The molecule has 1 atom stereocenters. The monoisotopic (exact) mass is 207 g/mol. The predicted octanol–water partition coefficient (Wildman–Crippen LogP) is 3.01. The zero-order valence-corrected chi connectivity index (χ0v) is 10.3. The summed E-state index contributed by atoms with van der Waals surface area (Å²) in [6.45, 7) is 8.66. The number of phenols is 1. The average Bonchev–Trinajstić information content (AvgIpc) is 2.07. The molecule has 0 aliphatic carbocycles. The fraction of sp³-hybridized carbons (Fsp3) is 0.538. The molecule has 1 aromatic rings. The Hall–Kier alpha value is -1.02. The van der Waals surface area contributed by atoms with Crippen LogP contribution in [-0.4, -0.2) is 12.2 Å². The van der Waals surface area contributed by atoms with Gasteiger partial charge in [-0.25, -0.2) is 0 Å². The molecule has 2 nitrogen and oxygen atoms in total. The third kappa shape index (κ3) is 2.72. The molecular formula is C13H21NO. The summed E-state index contributed by atoms with van der Waals surface area (Å²) in [4.78, 5) is 0. The van der Waals surface area contributed by atoms with Gasteiger partial charge in [-0.15, -0.1) is 0 Å². The van der Waals surface area contributed by atoms with E-state index in [0.29, 0.717) is 11.8 Å². The number of rotatable bonds is 2. The molecule has 2 heteroatoms. The largest absolute Gasteiger partial charge is 0.508 e. The van der Waals surface area contributed by atoms with Crippen LogP contribution in [0.1, 0.15) is 37.9 Å². The molecule has 0 spiro atoms. The fourth-order valence-corrected chi connectivity index (χ4v) is 2.04. The van der Waals surface area contributed by atoms with Crippen LogP contribution in [0.25, 0.3) is 0 Å². The highest BCUT2D eigenvalue weighted by atomic mass is 16.3. The Bertz CT molecular complexity index is 339. The van der Waals surface area contributed by atoms with Crippen molar-refractivity contribution in [3.05, 3.63) is 29.3 Å². The summed E-state index contributed by atoms with van der Waals surface area (Å²) in [7, 11) is 1.97. The second kappa shape index (κ2) is 4.23. The van der Waals surface area contributed by atoms with Crippen molar-refractivity contribution in [2.45, 2.75) is 33.7 Å². The SMILES string of the molecule is CNC(c1ccc(O)cc1C)C(C)(C)C. The molecule has 0 radical (unpaired) electrons. The van der Waals surface area contributed by atoms with Crippen LogP contribution in [0.5, 0.6) is 5.75 Å². The van der Waals surface area contributed by atoms with Gasteiger partial charge in [0.05, 0.1) is 0 Å². The molecule has 0 heterocycles. The van der Waals surface area contributed by atoms with E-state index in [1.54, 1.807) is 6.07 Å². The predicted molar refractivity (Wildman–Crippen MR) is 64.1 cm³/mol. The van der Waals surface area contributed by atoms with Gasteiger partial charge in [0, 0.05) is 6.04 Å². The van der Waals surface area contributed by atoms with Gasteiger partial charge in [0.2, 0.25) is 0 Å². The van der Waals surface area contributed by atoms with E-state index in [9.17, 15) is 5.11 Å². The second-order valence-corrected chi connectivity index (χ2v) is 5.13. The third-order valence-electron chi connectivity index (χ3n) is 2.72. The molecule has 1 rings (SSSR count). The van der Waals surface area contributed by atoms with Crippen molar-refractivity contribution in [3.63, 3.8) is 0 Å². The summed E-state index contributed by atoms with van der Waals surface area (Å²) in [5.74, 6) is 0.333. The van der Waals surface area contributed by atoms with Gasteiger partial charge < -0.3 is 10.4 Å². The lowest BCUT2D eigenvalue weighted by Crippen LogP contribution is -2.30. The number of hydrogen-bond donors (Lipinski definition) is 2. The third-order valence-corrected chi connectivity index (χ3v) is 2.72. The normalized spacial score (nSPS) is 13.9. The first-order valence-electron chi connectivity index (χ1n) is 5.33. The van der Waals surface area contributed by atoms with Crippen LogP contribution in [0.3, 0.4) is 0 Å². The molecule has 0 aliphatic heterocycles. The minimum Gasteiger partial charge on any atom is -0.508 e. The van der Waals surface area contributed by atoms with Crippen LogP contribution >= 0.6 is 0 Å². The van der Waals surface area contributed by atoms with E-state index in [1.807, 2.05) is 26.1 Å². The lowest BCUT2D eigenvalue weighted by molar-refractivity contribution is 0.286. The average molecular weight is 207 g/mol. The van der Waals surface area contributed by atoms with Gasteiger partial charge in [-0.2, -0.15) is 0 Å². The molecule has 1 aromatic carbocycles. The minimum absolute atomic E-state index is 0.163. The van der Waals surface area contributed by atoms with Gasteiger partial charge in [0.25, 0.3) is 0 Å². The molecule has 0 bridgehead atoms. The summed E-state index contributed by atoms with van der Waals surface area (Å²) >= 11 is 0. The zero-order valence-electron chi connectivity index (χ0n) is 10.3. The van der Waals surface area contributed by atoms with E-state index in [0.717, 1.165) is 5.56 Å². The summed E-state index contributed by atoms with van der Waals surface area (Å²) in [6.07, 6.45) is 0. The quantitative estimate of drug-likeness (QED) is 0.781. The molecule has 0 saturated heterocycles. The molecule has 84 valence electrons. The highest BCUT2D eigenvalue weighted by molar-refractivity contribution is 5.36. The van der Waals surface area contributed by atoms with Crippen molar-refractivity contribution in [3.8, 4) is 5.75 Å². The lowest BCUT2D eigenvalue weighted by atomic mass is 9.81. The topological polar surface area (TPSA) is 32.3 Å². The molecule has 0 fully saturated rings. The van der Waals surface area contributed by atoms with Crippen LogP contribution in [-0.2, 0) is 0 Å². The Morgan fingerprint density at radius 1 is 1.27 bits per heavy atom. The summed E-state index contributed by atoms with van der Waals surface area (Å²) in [5.41, 5.74) is 2.54. The zero-order chi connectivity index (χ0) is 11.6. The van der Waals surface area contributed by atoms with Crippen LogP contribution in [0.4, 0.5) is 0 Å². The Morgan fingerprint density at radius 2 is 1.87 bits per heavy atom. The van der Waals surface area contributed by atoms with Gasteiger partial charge in [-0.05, 0) is 42.6 Å². The number of nitrogens with one attached hydrogen (secondary N) is 1. The van der Waals surface area contributed by atoms with E-state index in [-0.39, 0.29) is 5.41 Å². The number of phenolic OH excluding ortho intramolecular Hbond substituents is 1. The highest BCUT2D eigenvalue weighted by Gasteiger charge is 2.25. The Labute approximate surface area is 92.3 Å². The maximum Gasteiger partial charge on any atom is 0.115 e. The first-order chi connectivity index (χ1) is 6.86. The Balaban J connectivity index is 3.13. The van der Waals surface area contributed by atoms with Crippen molar-refractivity contribution in [1.29, 1.82) is 0 Å². The van der Waals surface area contributed by atoms with Crippen molar-refractivity contribution >= 4 is 0 Å². The maximum atomic E-state index is 9.37. The molecule has 0 amide bonds. The Kier molecular flexibility index (Phi) is 3.40. The first kappa shape index (κ1) is 12.1. The summed E-state index contributed by atoms with van der Waals surface area (Å²) < 4.78 is 0.